The standard InChI is InChI=1S/C16H23NO2/c1-2-14(12-6-4-3-5-7-12)16(19)17-11-10-15(18)13-8-9-13/h3-7,13-15,18H,2,8-11H2,1H3,(H,17,19)/t14-,15+/m0/s1. The van der Waals surface area contributed by atoms with Crippen molar-refractivity contribution < 1.29 is 9.90 Å². The molecule has 0 aliphatic heterocycles. The highest BCUT2D eigenvalue weighted by atomic mass is 16.3. The van der Waals surface area contributed by atoms with Crippen LogP contribution < -0.4 is 5.32 Å². The Hall–Kier alpha value is -1.35. The molecule has 1 aromatic rings. The Morgan fingerprint density at radius 2 is 2.05 bits per heavy atom. The number of aliphatic hydroxyl groups is 1. The van der Waals surface area contributed by atoms with Crippen molar-refractivity contribution in [3.05, 3.63) is 35.9 Å². The van der Waals surface area contributed by atoms with Crippen LogP contribution in [0.1, 0.15) is 44.1 Å². The van der Waals surface area contributed by atoms with Gasteiger partial charge in [-0.3, -0.25) is 4.79 Å². The molecule has 0 bridgehead atoms. The molecule has 1 fully saturated rings. The lowest BCUT2D eigenvalue weighted by atomic mass is 9.95. The zero-order chi connectivity index (χ0) is 13.7. The molecule has 1 amide bonds. The van der Waals surface area contributed by atoms with Gasteiger partial charge in [0.15, 0.2) is 0 Å². The van der Waals surface area contributed by atoms with Gasteiger partial charge in [-0.1, -0.05) is 37.3 Å². The second kappa shape index (κ2) is 6.71. The average Bonchev–Trinajstić information content (AvgIpc) is 3.25. The summed E-state index contributed by atoms with van der Waals surface area (Å²) in [6.45, 7) is 2.59. The lowest BCUT2D eigenvalue weighted by Crippen LogP contribution is -2.31. The van der Waals surface area contributed by atoms with E-state index in [2.05, 4.69) is 5.32 Å². The summed E-state index contributed by atoms with van der Waals surface area (Å²) in [7, 11) is 0. The summed E-state index contributed by atoms with van der Waals surface area (Å²) in [5, 5.41) is 12.7. The van der Waals surface area contributed by atoms with Crippen molar-refractivity contribution in [3.63, 3.8) is 0 Å². The molecule has 3 heteroatoms. The fourth-order valence-corrected chi connectivity index (χ4v) is 2.44. The SMILES string of the molecule is CC[C@H](C(=O)NCC[C@@H](O)C1CC1)c1ccccc1. The number of hydrogen-bond donors (Lipinski definition) is 2. The van der Waals surface area contributed by atoms with Crippen LogP contribution >= 0.6 is 0 Å². The normalized spacial score (nSPS) is 17.8. The van der Waals surface area contributed by atoms with Gasteiger partial charge in [-0.2, -0.15) is 0 Å². The van der Waals surface area contributed by atoms with E-state index in [1.807, 2.05) is 37.3 Å². The van der Waals surface area contributed by atoms with Crippen molar-refractivity contribution in [2.45, 2.75) is 44.6 Å². The molecule has 1 saturated carbocycles. The highest BCUT2D eigenvalue weighted by Gasteiger charge is 2.29. The molecule has 0 spiro atoms. The van der Waals surface area contributed by atoms with Crippen molar-refractivity contribution in [1.82, 2.24) is 5.32 Å². The van der Waals surface area contributed by atoms with Crippen LogP contribution in [0, 0.1) is 5.92 Å². The Morgan fingerprint density at radius 1 is 1.37 bits per heavy atom. The number of carbonyl (C=O) groups excluding carboxylic acids is 1. The topological polar surface area (TPSA) is 49.3 Å². The Labute approximate surface area is 115 Å². The molecule has 1 aliphatic carbocycles. The zero-order valence-corrected chi connectivity index (χ0v) is 11.5. The van der Waals surface area contributed by atoms with Crippen LogP contribution in [0.25, 0.3) is 0 Å². The molecule has 1 aliphatic rings. The largest absolute Gasteiger partial charge is 0.393 e. The van der Waals surface area contributed by atoms with Gasteiger partial charge in [0.2, 0.25) is 5.91 Å². The quantitative estimate of drug-likeness (QED) is 0.792. The molecule has 0 heterocycles. The van der Waals surface area contributed by atoms with Crippen molar-refractivity contribution in [2.24, 2.45) is 5.92 Å². The van der Waals surface area contributed by atoms with Crippen LogP contribution in [0.2, 0.25) is 0 Å². The molecular formula is C16H23NO2. The summed E-state index contributed by atoms with van der Waals surface area (Å²) in [5.74, 6) is 0.462. The maximum atomic E-state index is 12.1. The third-order valence-corrected chi connectivity index (χ3v) is 3.83. The molecule has 2 rings (SSSR count). The van der Waals surface area contributed by atoms with Crippen molar-refractivity contribution in [2.75, 3.05) is 6.54 Å². The third kappa shape index (κ3) is 4.06. The van der Waals surface area contributed by atoms with Crippen LogP contribution in [0.3, 0.4) is 0 Å². The summed E-state index contributed by atoms with van der Waals surface area (Å²) >= 11 is 0. The summed E-state index contributed by atoms with van der Waals surface area (Å²) in [6, 6.07) is 9.87. The van der Waals surface area contributed by atoms with E-state index in [9.17, 15) is 9.90 Å². The third-order valence-electron chi connectivity index (χ3n) is 3.83. The fourth-order valence-electron chi connectivity index (χ4n) is 2.44. The van der Waals surface area contributed by atoms with Gasteiger partial charge in [0.25, 0.3) is 0 Å². The van der Waals surface area contributed by atoms with E-state index in [0.29, 0.717) is 18.9 Å². The van der Waals surface area contributed by atoms with Crippen LogP contribution in [-0.4, -0.2) is 23.7 Å². The second-order valence-electron chi connectivity index (χ2n) is 5.36. The number of nitrogens with one attached hydrogen (secondary N) is 1. The number of carbonyl (C=O) groups is 1. The molecule has 0 radical (unpaired) electrons. The molecule has 0 aromatic heterocycles. The van der Waals surface area contributed by atoms with Crippen LogP contribution in [-0.2, 0) is 4.79 Å². The van der Waals surface area contributed by atoms with E-state index in [0.717, 1.165) is 24.8 Å². The highest BCUT2D eigenvalue weighted by molar-refractivity contribution is 5.83. The Balaban J connectivity index is 1.80. The summed E-state index contributed by atoms with van der Waals surface area (Å²) in [6.07, 6.45) is 3.49. The van der Waals surface area contributed by atoms with E-state index in [1.54, 1.807) is 0 Å². The van der Waals surface area contributed by atoms with Crippen molar-refractivity contribution >= 4 is 5.91 Å². The predicted molar refractivity (Wildman–Crippen MR) is 75.8 cm³/mol. The van der Waals surface area contributed by atoms with E-state index >= 15 is 0 Å². The van der Waals surface area contributed by atoms with Crippen molar-refractivity contribution in [1.29, 1.82) is 0 Å². The smallest absolute Gasteiger partial charge is 0.227 e. The number of benzene rings is 1. The molecule has 2 N–H and O–H groups in total. The first-order chi connectivity index (χ1) is 9.22. The van der Waals surface area contributed by atoms with E-state index in [1.165, 1.54) is 0 Å². The minimum atomic E-state index is -0.239. The predicted octanol–water partition coefficient (Wildman–Crippen LogP) is 2.46. The summed E-state index contributed by atoms with van der Waals surface area (Å²) in [4.78, 5) is 12.1. The second-order valence-corrected chi connectivity index (χ2v) is 5.36. The van der Waals surface area contributed by atoms with E-state index < -0.39 is 0 Å². The monoisotopic (exact) mass is 261 g/mol. The summed E-state index contributed by atoms with van der Waals surface area (Å²) < 4.78 is 0. The van der Waals surface area contributed by atoms with E-state index in [-0.39, 0.29) is 17.9 Å². The minimum Gasteiger partial charge on any atom is -0.393 e. The van der Waals surface area contributed by atoms with Gasteiger partial charge in [-0.05, 0) is 37.2 Å². The maximum Gasteiger partial charge on any atom is 0.227 e. The highest BCUT2D eigenvalue weighted by Crippen LogP contribution is 2.33. The van der Waals surface area contributed by atoms with Gasteiger partial charge in [0.05, 0.1) is 12.0 Å². The first-order valence-corrected chi connectivity index (χ1v) is 7.23. The summed E-state index contributed by atoms with van der Waals surface area (Å²) in [5.41, 5.74) is 1.06. The lowest BCUT2D eigenvalue weighted by Gasteiger charge is -2.16. The van der Waals surface area contributed by atoms with Gasteiger partial charge < -0.3 is 10.4 Å². The van der Waals surface area contributed by atoms with Crippen molar-refractivity contribution in [3.8, 4) is 0 Å². The zero-order valence-electron chi connectivity index (χ0n) is 11.5. The number of rotatable bonds is 7. The maximum absolute atomic E-state index is 12.1. The average molecular weight is 261 g/mol. The molecule has 2 atom stereocenters. The van der Waals surface area contributed by atoms with Gasteiger partial charge in [-0.25, -0.2) is 0 Å². The van der Waals surface area contributed by atoms with Gasteiger partial charge in [0.1, 0.15) is 0 Å². The fraction of sp³-hybridized carbons (Fsp3) is 0.562. The Bertz CT molecular complexity index is 400. The number of amides is 1. The van der Waals surface area contributed by atoms with E-state index in [4.69, 9.17) is 0 Å². The Morgan fingerprint density at radius 3 is 2.63 bits per heavy atom. The number of aliphatic hydroxyl groups excluding tert-OH is 1. The van der Waals surface area contributed by atoms with Crippen LogP contribution in [0.4, 0.5) is 0 Å². The van der Waals surface area contributed by atoms with Crippen LogP contribution in [0.15, 0.2) is 30.3 Å². The molecule has 104 valence electrons. The molecular weight excluding hydrogens is 238 g/mol. The Kier molecular flexibility index (Phi) is 4.97. The molecule has 0 unspecified atom stereocenters. The van der Waals surface area contributed by atoms with Crippen LogP contribution in [0.5, 0.6) is 0 Å². The first-order valence-electron chi connectivity index (χ1n) is 7.23. The van der Waals surface area contributed by atoms with Gasteiger partial charge in [0, 0.05) is 6.54 Å². The molecule has 19 heavy (non-hydrogen) atoms. The molecule has 3 nitrogen and oxygen atoms in total. The minimum absolute atomic E-state index is 0.0664. The number of hydrogen-bond acceptors (Lipinski definition) is 2. The lowest BCUT2D eigenvalue weighted by molar-refractivity contribution is -0.122. The molecule has 1 aromatic carbocycles. The van der Waals surface area contributed by atoms with Gasteiger partial charge in [-0.15, -0.1) is 0 Å². The van der Waals surface area contributed by atoms with Gasteiger partial charge >= 0.3 is 0 Å². The first kappa shape index (κ1) is 14.1. The molecule has 0 saturated heterocycles.